The molecule has 0 aliphatic rings. The summed E-state index contributed by atoms with van der Waals surface area (Å²) in [4.78, 5) is 11.4. The molecule has 0 saturated carbocycles. The maximum absolute atomic E-state index is 11.4. The van der Waals surface area contributed by atoms with E-state index in [4.69, 9.17) is 10.5 Å². The number of nitrogens with one attached hydrogen (secondary N) is 1. The zero-order chi connectivity index (χ0) is 14.5. The third kappa shape index (κ3) is 5.95. The third-order valence-electron chi connectivity index (χ3n) is 2.36. The Morgan fingerprint density at radius 3 is 2.74 bits per heavy atom. The first-order valence-electron chi connectivity index (χ1n) is 6.27. The zero-order valence-electron chi connectivity index (χ0n) is 12.0. The van der Waals surface area contributed by atoms with Gasteiger partial charge in [0.15, 0.2) is 0 Å². The molecule has 1 aromatic carbocycles. The first kappa shape index (κ1) is 15.1. The molecule has 0 aromatic heterocycles. The molecule has 0 bridgehead atoms. The second-order valence-electron chi connectivity index (χ2n) is 5.40. The number of rotatable bonds is 3. The van der Waals surface area contributed by atoms with E-state index in [0.29, 0.717) is 6.54 Å². The summed E-state index contributed by atoms with van der Waals surface area (Å²) in [5.41, 5.74) is 8.17. The van der Waals surface area contributed by atoms with Crippen molar-refractivity contribution in [3.8, 4) is 0 Å². The van der Waals surface area contributed by atoms with Crippen LogP contribution in [0.1, 0.15) is 31.9 Å². The van der Waals surface area contributed by atoms with Crippen molar-refractivity contribution in [2.24, 2.45) is 0 Å². The number of benzene rings is 1. The number of aryl methyl sites for hydroxylation is 1. The minimum absolute atomic E-state index is 0.415. The fraction of sp³-hybridized carbons (Fsp3) is 0.400. The second kappa shape index (κ2) is 6.27. The van der Waals surface area contributed by atoms with E-state index < -0.39 is 11.7 Å². The fourth-order valence-electron chi connectivity index (χ4n) is 1.48. The average molecular weight is 262 g/mol. The summed E-state index contributed by atoms with van der Waals surface area (Å²) in [5.74, 6) is 0. The number of carbonyl (C=O) groups excluding carboxylic acids is 1. The molecule has 1 amide bonds. The summed E-state index contributed by atoms with van der Waals surface area (Å²) >= 11 is 0. The Balaban J connectivity index is 2.47. The fourth-order valence-corrected chi connectivity index (χ4v) is 1.48. The molecule has 0 spiro atoms. The highest BCUT2D eigenvalue weighted by Gasteiger charge is 2.14. The molecule has 1 rings (SSSR count). The Labute approximate surface area is 114 Å². The number of nitrogens with two attached hydrogens (primary N) is 1. The highest BCUT2D eigenvalue weighted by atomic mass is 16.6. The van der Waals surface area contributed by atoms with Crippen molar-refractivity contribution in [1.29, 1.82) is 0 Å². The van der Waals surface area contributed by atoms with Crippen molar-refractivity contribution in [3.05, 3.63) is 35.4 Å². The molecule has 1 aromatic rings. The van der Waals surface area contributed by atoms with E-state index in [1.165, 1.54) is 0 Å². The van der Waals surface area contributed by atoms with E-state index >= 15 is 0 Å². The molecule has 0 saturated heterocycles. The van der Waals surface area contributed by atoms with Crippen LogP contribution in [0.25, 0.3) is 6.08 Å². The minimum Gasteiger partial charge on any atom is -0.444 e. The van der Waals surface area contributed by atoms with Gasteiger partial charge < -0.3 is 15.8 Å². The van der Waals surface area contributed by atoms with Gasteiger partial charge in [0, 0.05) is 12.2 Å². The number of alkyl carbamates (subject to hydrolysis) is 1. The second-order valence-corrected chi connectivity index (χ2v) is 5.40. The van der Waals surface area contributed by atoms with Gasteiger partial charge in [0.25, 0.3) is 0 Å². The lowest BCUT2D eigenvalue weighted by molar-refractivity contribution is 0.0534. The predicted octanol–water partition coefficient (Wildman–Crippen LogP) is 3.12. The quantitative estimate of drug-likeness (QED) is 0.823. The molecular weight excluding hydrogens is 240 g/mol. The smallest absolute Gasteiger partial charge is 0.407 e. The monoisotopic (exact) mass is 262 g/mol. The first-order chi connectivity index (χ1) is 8.78. The SMILES string of the molecule is Cc1ccc(N)cc1C=CCNC(=O)OC(C)(C)C. The molecule has 0 aliphatic carbocycles. The van der Waals surface area contributed by atoms with Gasteiger partial charge in [-0.15, -0.1) is 0 Å². The number of nitrogen functional groups attached to an aromatic ring is 1. The average Bonchev–Trinajstić information content (AvgIpc) is 2.26. The van der Waals surface area contributed by atoms with Crippen LogP contribution in [0, 0.1) is 6.92 Å². The molecule has 4 nitrogen and oxygen atoms in total. The molecular formula is C15H22N2O2. The van der Waals surface area contributed by atoms with Crippen LogP contribution < -0.4 is 11.1 Å². The van der Waals surface area contributed by atoms with Crippen LogP contribution in [-0.2, 0) is 4.74 Å². The van der Waals surface area contributed by atoms with Gasteiger partial charge in [0.1, 0.15) is 5.60 Å². The van der Waals surface area contributed by atoms with Gasteiger partial charge in [0.05, 0.1) is 0 Å². The lowest BCUT2D eigenvalue weighted by Crippen LogP contribution is -2.32. The highest BCUT2D eigenvalue weighted by Crippen LogP contribution is 2.13. The predicted molar refractivity (Wildman–Crippen MR) is 78.9 cm³/mol. The largest absolute Gasteiger partial charge is 0.444 e. The summed E-state index contributed by atoms with van der Waals surface area (Å²) in [6, 6.07) is 5.74. The van der Waals surface area contributed by atoms with Gasteiger partial charge in [0.2, 0.25) is 0 Å². The summed E-state index contributed by atoms with van der Waals surface area (Å²) in [6.07, 6.45) is 3.39. The Bertz CT molecular complexity index is 474. The molecule has 19 heavy (non-hydrogen) atoms. The van der Waals surface area contributed by atoms with Crippen molar-refractivity contribution in [2.45, 2.75) is 33.3 Å². The van der Waals surface area contributed by atoms with E-state index in [1.54, 1.807) is 0 Å². The Kier molecular flexibility index (Phi) is 4.98. The zero-order valence-corrected chi connectivity index (χ0v) is 12.0. The lowest BCUT2D eigenvalue weighted by Gasteiger charge is -2.19. The molecule has 0 heterocycles. The van der Waals surface area contributed by atoms with Crippen LogP contribution in [0.5, 0.6) is 0 Å². The van der Waals surface area contributed by atoms with Gasteiger partial charge in [-0.2, -0.15) is 0 Å². The number of amides is 1. The van der Waals surface area contributed by atoms with E-state index in [0.717, 1.165) is 16.8 Å². The molecule has 0 unspecified atom stereocenters. The highest BCUT2D eigenvalue weighted by molar-refractivity contribution is 5.68. The summed E-state index contributed by atoms with van der Waals surface area (Å²) < 4.78 is 5.13. The van der Waals surface area contributed by atoms with Gasteiger partial charge >= 0.3 is 6.09 Å². The number of anilines is 1. The van der Waals surface area contributed by atoms with Gasteiger partial charge in [-0.25, -0.2) is 4.79 Å². The van der Waals surface area contributed by atoms with Gasteiger partial charge in [-0.1, -0.05) is 18.2 Å². The maximum Gasteiger partial charge on any atom is 0.407 e. The number of ether oxygens (including phenoxy) is 1. The molecule has 4 heteroatoms. The van der Waals surface area contributed by atoms with E-state index in [1.807, 2.05) is 58.0 Å². The van der Waals surface area contributed by atoms with Crippen molar-refractivity contribution in [2.75, 3.05) is 12.3 Å². The van der Waals surface area contributed by atoms with E-state index in [9.17, 15) is 4.79 Å². The van der Waals surface area contributed by atoms with Crippen molar-refractivity contribution in [3.63, 3.8) is 0 Å². The van der Waals surface area contributed by atoms with E-state index in [2.05, 4.69) is 5.32 Å². The molecule has 0 fully saturated rings. The van der Waals surface area contributed by atoms with Crippen LogP contribution in [0.2, 0.25) is 0 Å². The van der Waals surface area contributed by atoms with Gasteiger partial charge in [-0.3, -0.25) is 0 Å². The maximum atomic E-state index is 11.4. The third-order valence-corrected chi connectivity index (χ3v) is 2.36. The van der Waals surface area contributed by atoms with Crippen LogP contribution in [0.3, 0.4) is 0 Å². The standard InChI is InChI=1S/C15H22N2O2/c1-11-7-8-13(16)10-12(11)6-5-9-17-14(18)19-15(2,3)4/h5-8,10H,9,16H2,1-4H3,(H,17,18). The molecule has 0 atom stereocenters. The summed E-state index contributed by atoms with van der Waals surface area (Å²) in [6.45, 7) is 7.93. The molecule has 0 radical (unpaired) electrons. The Morgan fingerprint density at radius 1 is 1.42 bits per heavy atom. The van der Waals surface area contributed by atoms with Crippen LogP contribution in [-0.4, -0.2) is 18.2 Å². The Morgan fingerprint density at radius 2 is 2.11 bits per heavy atom. The van der Waals surface area contributed by atoms with E-state index in [-0.39, 0.29) is 0 Å². The number of carbonyl (C=O) groups is 1. The number of hydrogen-bond donors (Lipinski definition) is 2. The topological polar surface area (TPSA) is 64.3 Å². The van der Waals surface area contributed by atoms with Crippen LogP contribution >= 0.6 is 0 Å². The van der Waals surface area contributed by atoms with Crippen LogP contribution in [0.15, 0.2) is 24.3 Å². The first-order valence-corrected chi connectivity index (χ1v) is 6.27. The molecule has 104 valence electrons. The molecule has 3 N–H and O–H groups in total. The minimum atomic E-state index is -0.474. The summed E-state index contributed by atoms with van der Waals surface area (Å²) in [7, 11) is 0. The van der Waals surface area contributed by atoms with Crippen molar-refractivity contribution in [1.82, 2.24) is 5.32 Å². The normalized spacial score (nSPS) is 11.6. The number of hydrogen-bond acceptors (Lipinski definition) is 3. The Hall–Kier alpha value is -1.97. The van der Waals surface area contributed by atoms with Crippen molar-refractivity contribution < 1.29 is 9.53 Å². The van der Waals surface area contributed by atoms with Crippen molar-refractivity contribution >= 4 is 17.9 Å². The summed E-state index contributed by atoms with van der Waals surface area (Å²) in [5, 5.41) is 2.66. The lowest BCUT2D eigenvalue weighted by atomic mass is 10.1. The molecule has 0 aliphatic heterocycles. The van der Waals surface area contributed by atoms with Crippen LogP contribution in [0.4, 0.5) is 10.5 Å². The van der Waals surface area contributed by atoms with Gasteiger partial charge in [-0.05, 0) is 51.0 Å².